The van der Waals surface area contributed by atoms with Crippen LogP contribution in [0.5, 0.6) is 0 Å². The van der Waals surface area contributed by atoms with Crippen LogP contribution < -0.4 is 5.73 Å². The molecule has 16 heavy (non-hydrogen) atoms. The highest BCUT2D eigenvalue weighted by Gasteiger charge is 2.23. The van der Waals surface area contributed by atoms with E-state index in [-0.39, 0.29) is 17.9 Å². The fraction of sp³-hybridized carbons (Fsp3) is 0.833. The van der Waals surface area contributed by atoms with Crippen molar-refractivity contribution in [1.29, 1.82) is 5.26 Å². The second kappa shape index (κ2) is 7.24. The zero-order valence-electron chi connectivity index (χ0n) is 10.7. The largest absolute Gasteiger partial charge is 0.341 e. The van der Waals surface area contributed by atoms with Crippen molar-refractivity contribution in [2.45, 2.75) is 40.2 Å². The molecular formula is C12H23N3O. The van der Waals surface area contributed by atoms with Gasteiger partial charge >= 0.3 is 0 Å². The maximum absolute atomic E-state index is 12.1. The van der Waals surface area contributed by atoms with Crippen LogP contribution in [0.15, 0.2) is 0 Å². The second-order valence-electron chi connectivity index (χ2n) is 4.73. The van der Waals surface area contributed by atoms with Gasteiger partial charge in [0.15, 0.2) is 0 Å². The van der Waals surface area contributed by atoms with Gasteiger partial charge in [0.25, 0.3) is 0 Å². The first kappa shape index (κ1) is 14.9. The van der Waals surface area contributed by atoms with Gasteiger partial charge in [0, 0.05) is 19.1 Å². The summed E-state index contributed by atoms with van der Waals surface area (Å²) in [6.07, 6.45) is 0.379. The normalized spacial score (nSPS) is 14.3. The molecule has 0 aromatic rings. The zero-order chi connectivity index (χ0) is 12.7. The molecule has 0 bridgehead atoms. The predicted octanol–water partition coefficient (Wildman–Crippen LogP) is 1.37. The molecule has 0 aliphatic heterocycles. The number of nitrogens with zero attached hydrogens (tertiary/aromatic N) is 2. The van der Waals surface area contributed by atoms with Crippen molar-refractivity contribution in [3.05, 3.63) is 0 Å². The standard InChI is InChI=1S/C12H23N3O/c1-9(2)8-15(7-5-6-13)12(16)10(3)11(4)14/h9-11H,5,7-8,14H2,1-4H3. The molecule has 0 aromatic heterocycles. The first-order valence-electron chi connectivity index (χ1n) is 5.81. The van der Waals surface area contributed by atoms with Crippen molar-refractivity contribution in [2.75, 3.05) is 13.1 Å². The number of hydrogen-bond acceptors (Lipinski definition) is 3. The Labute approximate surface area is 98.4 Å². The van der Waals surface area contributed by atoms with Crippen molar-refractivity contribution >= 4 is 5.91 Å². The van der Waals surface area contributed by atoms with Crippen LogP contribution in [-0.2, 0) is 4.79 Å². The van der Waals surface area contributed by atoms with Crippen LogP contribution in [0.3, 0.4) is 0 Å². The van der Waals surface area contributed by atoms with Gasteiger partial charge in [0.2, 0.25) is 5.91 Å². The molecule has 2 unspecified atom stereocenters. The van der Waals surface area contributed by atoms with Crippen molar-refractivity contribution in [2.24, 2.45) is 17.6 Å². The molecule has 0 rings (SSSR count). The summed E-state index contributed by atoms with van der Waals surface area (Å²) < 4.78 is 0. The van der Waals surface area contributed by atoms with Crippen LogP contribution in [0, 0.1) is 23.2 Å². The maximum atomic E-state index is 12.1. The van der Waals surface area contributed by atoms with Gasteiger partial charge in [-0.25, -0.2) is 0 Å². The van der Waals surface area contributed by atoms with E-state index < -0.39 is 0 Å². The van der Waals surface area contributed by atoms with Gasteiger partial charge in [-0.3, -0.25) is 4.79 Å². The molecular weight excluding hydrogens is 202 g/mol. The summed E-state index contributed by atoms with van der Waals surface area (Å²) in [6.45, 7) is 8.99. The van der Waals surface area contributed by atoms with Crippen molar-refractivity contribution in [1.82, 2.24) is 4.90 Å². The van der Waals surface area contributed by atoms with Gasteiger partial charge in [-0.05, 0) is 12.8 Å². The lowest BCUT2D eigenvalue weighted by Gasteiger charge is -2.28. The maximum Gasteiger partial charge on any atom is 0.226 e. The second-order valence-corrected chi connectivity index (χ2v) is 4.73. The summed E-state index contributed by atoms with van der Waals surface area (Å²) in [6, 6.07) is 1.92. The highest BCUT2D eigenvalue weighted by atomic mass is 16.2. The lowest BCUT2D eigenvalue weighted by molar-refractivity contribution is -0.136. The first-order chi connectivity index (χ1) is 7.40. The van der Waals surface area contributed by atoms with Crippen LogP contribution in [-0.4, -0.2) is 29.9 Å². The van der Waals surface area contributed by atoms with E-state index in [1.807, 2.05) is 13.8 Å². The van der Waals surface area contributed by atoms with Crippen LogP contribution in [0.1, 0.15) is 34.1 Å². The van der Waals surface area contributed by atoms with Crippen molar-refractivity contribution < 1.29 is 4.79 Å². The molecule has 0 heterocycles. The Kier molecular flexibility index (Phi) is 6.75. The third-order valence-corrected chi connectivity index (χ3v) is 2.57. The molecule has 92 valence electrons. The van der Waals surface area contributed by atoms with E-state index in [1.165, 1.54) is 0 Å². The minimum Gasteiger partial charge on any atom is -0.341 e. The van der Waals surface area contributed by atoms with E-state index in [0.29, 0.717) is 25.4 Å². The molecule has 4 heteroatoms. The van der Waals surface area contributed by atoms with E-state index in [9.17, 15) is 4.79 Å². The molecule has 1 amide bonds. The Balaban J connectivity index is 4.49. The Bertz CT molecular complexity index is 255. The van der Waals surface area contributed by atoms with E-state index >= 15 is 0 Å². The monoisotopic (exact) mass is 225 g/mol. The van der Waals surface area contributed by atoms with Gasteiger partial charge in [-0.1, -0.05) is 20.8 Å². The quantitative estimate of drug-likeness (QED) is 0.742. The van der Waals surface area contributed by atoms with Crippen molar-refractivity contribution in [3.8, 4) is 6.07 Å². The predicted molar refractivity (Wildman–Crippen MR) is 64.5 cm³/mol. The summed E-state index contributed by atoms with van der Waals surface area (Å²) in [5.74, 6) is 0.277. The van der Waals surface area contributed by atoms with Crippen LogP contribution in [0.25, 0.3) is 0 Å². The van der Waals surface area contributed by atoms with Crippen molar-refractivity contribution in [3.63, 3.8) is 0 Å². The summed E-state index contributed by atoms with van der Waals surface area (Å²) in [4.78, 5) is 13.8. The van der Waals surface area contributed by atoms with E-state index in [2.05, 4.69) is 19.9 Å². The van der Waals surface area contributed by atoms with E-state index in [0.717, 1.165) is 0 Å². The fourth-order valence-electron chi connectivity index (χ4n) is 1.43. The Morgan fingerprint density at radius 2 is 1.94 bits per heavy atom. The van der Waals surface area contributed by atoms with Gasteiger partial charge < -0.3 is 10.6 Å². The third kappa shape index (κ3) is 5.13. The highest BCUT2D eigenvalue weighted by Crippen LogP contribution is 2.09. The van der Waals surface area contributed by atoms with Gasteiger partial charge in [0.05, 0.1) is 18.4 Å². The Morgan fingerprint density at radius 3 is 2.31 bits per heavy atom. The SMILES string of the molecule is CC(C)CN(CCC#N)C(=O)C(C)C(C)N. The lowest BCUT2D eigenvalue weighted by Crippen LogP contribution is -2.43. The zero-order valence-corrected chi connectivity index (χ0v) is 10.7. The van der Waals surface area contributed by atoms with Gasteiger partial charge in [-0.2, -0.15) is 5.26 Å². The van der Waals surface area contributed by atoms with Crippen LogP contribution >= 0.6 is 0 Å². The summed E-state index contributed by atoms with van der Waals surface area (Å²) >= 11 is 0. The number of carbonyl (C=O) groups is 1. The molecule has 0 saturated heterocycles. The van der Waals surface area contributed by atoms with Crippen LogP contribution in [0.2, 0.25) is 0 Å². The topological polar surface area (TPSA) is 70.1 Å². The molecule has 0 aromatic carbocycles. The van der Waals surface area contributed by atoms with E-state index in [4.69, 9.17) is 11.0 Å². The molecule has 0 aliphatic rings. The Hall–Kier alpha value is -1.08. The lowest BCUT2D eigenvalue weighted by atomic mass is 10.0. The average molecular weight is 225 g/mol. The molecule has 0 aliphatic carbocycles. The smallest absolute Gasteiger partial charge is 0.226 e. The number of carbonyl (C=O) groups excluding carboxylic acids is 1. The molecule has 0 spiro atoms. The number of nitrogens with two attached hydrogens (primary N) is 1. The molecule has 0 saturated carbocycles. The fourth-order valence-corrected chi connectivity index (χ4v) is 1.43. The molecule has 2 atom stereocenters. The molecule has 0 radical (unpaired) electrons. The third-order valence-electron chi connectivity index (χ3n) is 2.57. The summed E-state index contributed by atoms with van der Waals surface area (Å²) in [5.41, 5.74) is 5.72. The number of hydrogen-bond donors (Lipinski definition) is 1. The number of rotatable bonds is 6. The summed E-state index contributed by atoms with van der Waals surface area (Å²) in [5, 5.41) is 8.57. The first-order valence-corrected chi connectivity index (χ1v) is 5.81. The minimum atomic E-state index is -0.183. The minimum absolute atomic E-state index is 0.0546. The number of amides is 1. The average Bonchev–Trinajstić information content (AvgIpc) is 2.21. The van der Waals surface area contributed by atoms with Gasteiger partial charge in [-0.15, -0.1) is 0 Å². The highest BCUT2D eigenvalue weighted by molar-refractivity contribution is 5.79. The van der Waals surface area contributed by atoms with Gasteiger partial charge in [0.1, 0.15) is 0 Å². The van der Waals surface area contributed by atoms with Crippen LogP contribution in [0.4, 0.5) is 0 Å². The number of nitriles is 1. The molecule has 0 fully saturated rings. The molecule has 4 nitrogen and oxygen atoms in total. The molecule has 2 N–H and O–H groups in total. The summed E-state index contributed by atoms with van der Waals surface area (Å²) in [7, 11) is 0. The van der Waals surface area contributed by atoms with E-state index in [1.54, 1.807) is 4.90 Å². The Morgan fingerprint density at radius 1 is 1.38 bits per heavy atom.